The fourth-order valence-electron chi connectivity index (χ4n) is 0.930. The van der Waals surface area contributed by atoms with Crippen molar-refractivity contribution in [2.24, 2.45) is 0 Å². The lowest BCUT2D eigenvalue weighted by atomic mass is 9.87. The third-order valence-electron chi connectivity index (χ3n) is 1.43. The molecule has 0 aliphatic carbocycles. The molecule has 1 rings (SSSR count). The predicted molar refractivity (Wildman–Crippen MR) is 44.5 cm³/mol. The molecule has 0 spiro atoms. The second-order valence-corrected chi connectivity index (χ2v) is 3.20. The Labute approximate surface area is 64.8 Å². The van der Waals surface area contributed by atoms with Crippen LogP contribution >= 0.6 is 11.8 Å². The maximum absolute atomic E-state index is 8.78. The van der Waals surface area contributed by atoms with Crippen LogP contribution in [-0.2, 0) is 0 Å². The smallest absolute Gasteiger partial charge is 0.423 e. The van der Waals surface area contributed by atoms with Crippen molar-refractivity contribution in [2.75, 3.05) is 5.75 Å². The number of allylic oxidation sites excluding steroid dienone is 2. The van der Waals surface area contributed by atoms with Crippen molar-refractivity contribution >= 4 is 18.9 Å². The van der Waals surface area contributed by atoms with Gasteiger partial charge in [0.15, 0.2) is 0 Å². The first-order chi connectivity index (χ1) is 4.75. The number of hydrogen-bond acceptors (Lipinski definition) is 3. The van der Waals surface area contributed by atoms with Crippen LogP contribution in [0.15, 0.2) is 23.0 Å². The van der Waals surface area contributed by atoms with Crippen molar-refractivity contribution in [2.45, 2.75) is 6.42 Å². The van der Waals surface area contributed by atoms with Gasteiger partial charge >= 0.3 is 7.12 Å². The molecule has 0 unspecified atom stereocenters. The molecular formula is C6H9BO2S. The van der Waals surface area contributed by atoms with Crippen molar-refractivity contribution in [3.8, 4) is 0 Å². The van der Waals surface area contributed by atoms with Crippen LogP contribution in [0.4, 0.5) is 0 Å². The van der Waals surface area contributed by atoms with Crippen molar-refractivity contribution in [1.82, 2.24) is 0 Å². The molecule has 0 amide bonds. The summed E-state index contributed by atoms with van der Waals surface area (Å²) in [4.78, 5) is 0.662. The zero-order valence-corrected chi connectivity index (χ0v) is 6.40. The Kier molecular flexibility index (Phi) is 2.60. The summed E-state index contributed by atoms with van der Waals surface area (Å²) in [6, 6.07) is 0. The molecule has 2 nitrogen and oxygen atoms in total. The second-order valence-electron chi connectivity index (χ2n) is 2.07. The Bertz CT molecular complexity index is 177. The van der Waals surface area contributed by atoms with Gasteiger partial charge in [0.05, 0.1) is 0 Å². The molecule has 0 aromatic rings. The molecule has 4 heteroatoms. The van der Waals surface area contributed by atoms with Crippen LogP contribution in [0.25, 0.3) is 0 Å². The molecule has 1 heterocycles. The average Bonchev–Trinajstić information content (AvgIpc) is 2.33. The lowest BCUT2D eigenvalue weighted by molar-refractivity contribution is 0.422. The van der Waals surface area contributed by atoms with Crippen LogP contribution in [0, 0.1) is 0 Å². The van der Waals surface area contributed by atoms with E-state index in [1.54, 1.807) is 6.08 Å². The molecule has 54 valence electrons. The van der Waals surface area contributed by atoms with Gasteiger partial charge < -0.3 is 10.0 Å². The zero-order valence-electron chi connectivity index (χ0n) is 5.58. The van der Waals surface area contributed by atoms with Gasteiger partial charge in [-0.25, -0.2) is 0 Å². The maximum atomic E-state index is 8.78. The normalized spacial score (nSPS) is 17.8. The lowest BCUT2D eigenvalue weighted by Crippen LogP contribution is -2.12. The summed E-state index contributed by atoms with van der Waals surface area (Å²) in [5, 5.41) is 17.6. The van der Waals surface area contributed by atoms with Gasteiger partial charge in [0.25, 0.3) is 0 Å². The third-order valence-corrected chi connectivity index (χ3v) is 2.62. The van der Waals surface area contributed by atoms with Gasteiger partial charge in [0.1, 0.15) is 0 Å². The van der Waals surface area contributed by atoms with Crippen molar-refractivity contribution in [3.05, 3.63) is 23.0 Å². The second kappa shape index (κ2) is 3.28. The summed E-state index contributed by atoms with van der Waals surface area (Å²) < 4.78 is 0. The molecule has 0 atom stereocenters. The summed E-state index contributed by atoms with van der Waals surface area (Å²) in [5.41, 5.74) is 0.972. The van der Waals surface area contributed by atoms with Crippen LogP contribution in [-0.4, -0.2) is 22.9 Å². The minimum absolute atomic E-state index is 0.662. The summed E-state index contributed by atoms with van der Waals surface area (Å²) in [7, 11) is -1.31. The van der Waals surface area contributed by atoms with Gasteiger partial charge in [0.2, 0.25) is 0 Å². The summed E-state index contributed by atoms with van der Waals surface area (Å²) >= 11 is 1.49. The van der Waals surface area contributed by atoms with Gasteiger partial charge in [-0.05, 0) is 12.0 Å². The van der Waals surface area contributed by atoms with Gasteiger partial charge in [-0.15, -0.1) is 11.8 Å². The van der Waals surface area contributed by atoms with E-state index < -0.39 is 7.12 Å². The number of thioether (sulfide) groups is 1. The van der Waals surface area contributed by atoms with Gasteiger partial charge in [-0.3, -0.25) is 0 Å². The van der Waals surface area contributed by atoms with E-state index in [0.717, 1.165) is 17.7 Å². The Morgan fingerprint density at radius 3 is 2.70 bits per heavy atom. The highest BCUT2D eigenvalue weighted by molar-refractivity contribution is 8.05. The van der Waals surface area contributed by atoms with E-state index in [9.17, 15) is 0 Å². The van der Waals surface area contributed by atoms with E-state index in [2.05, 4.69) is 6.58 Å². The standard InChI is InChI=1S/C6H9BO2S/c1-2-5-3-4-10-6(5)7(8)9/h2,8-9H,1,3-4H2. The molecule has 0 aromatic heterocycles. The average molecular weight is 156 g/mol. The zero-order chi connectivity index (χ0) is 7.56. The molecule has 0 aromatic carbocycles. The Hall–Kier alpha value is -0.185. The SMILES string of the molecule is C=CC1=C(B(O)O)SCC1. The molecule has 0 fully saturated rings. The van der Waals surface area contributed by atoms with Crippen molar-refractivity contribution < 1.29 is 10.0 Å². The molecule has 0 radical (unpaired) electrons. The highest BCUT2D eigenvalue weighted by Crippen LogP contribution is 2.32. The third kappa shape index (κ3) is 1.45. The van der Waals surface area contributed by atoms with E-state index in [-0.39, 0.29) is 0 Å². The van der Waals surface area contributed by atoms with E-state index in [4.69, 9.17) is 10.0 Å². The molecule has 0 saturated carbocycles. The first-order valence-corrected chi connectivity index (χ1v) is 4.08. The molecule has 0 bridgehead atoms. The minimum Gasteiger partial charge on any atom is -0.423 e. The largest absolute Gasteiger partial charge is 0.495 e. The minimum atomic E-state index is -1.31. The van der Waals surface area contributed by atoms with E-state index in [1.165, 1.54) is 11.8 Å². The van der Waals surface area contributed by atoms with Crippen LogP contribution in [0.5, 0.6) is 0 Å². The van der Waals surface area contributed by atoms with Crippen LogP contribution in [0.2, 0.25) is 0 Å². The highest BCUT2D eigenvalue weighted by Gasteiger charge is 2.22. The number of hydrogen-bond donors (Lipinski definition) is 2. The Morgan fingerprint density at radius 1 is 1.60 bits per heavy atom. The summed E-state index contributed by atoms with van der Waals surface area (Å²) in [6.45, 7) is 3.58. The maximum Gasteiger partial charge on any atom is 0.495 e. The first-order valence-electron chi connectivity index (χ1n) is 3.10. The van der Waals surface area contributed by atoms with Crippen molar-refractivity contribution in [1.29, 1.82) is 0 Å². The quantitative estimate of drug-likeness (QED) is 0.574. The van der Waals surface area contributed by atoms with E-state index in [1.807, 2.05) is 0 Å². The van der Waals surface area contributed by atoms with Gasteiger partial charge in [-0.1, -0.05) is 12.7 Å². The molecule has 0 saturated heterocycles. The molecule has 1 aliphatic heterocycles. The van der Waals surface area contributed by atoms with Crippen molar-refractivity contribution in [3.63, 3.8) is 0 Å². The Balaban J connectivity index is 2.77. The molecule has 10 heavy (non-hydrogen) atoms. The fraction of sp³-hybridized carbons (Fsp3) is 0.333. The van der Waals surface area contributed by atoms with Crippen LogP contribution in [0.1, 0.15) is 6.42 Å². The fourth-order valence-corrected chi connectivity index (χ4v) is 1.99. The summed E-state index contributed by atoms with van der Waals surface area (Å²) in [6.07, 6.45) is 2.59. The van der Waals surface area contributed by atoms with E-state index in [0.29, 0.717) is 4.80 Å². The Morgan fingerprint density at radius 2 is 2.30 bits per heavy atom. The van der Waals surface area contributed by atoms with E-state index >= 15 is 0 Å². The van der Waals surface area contributed by atoms with Crippen LogP contribution in [0.3, 0.4) is 0 Å². The molecule has 2 N–H and O–H groups in total. The highest BCUT2D eigenvalue weighted by atomic mass is 32.2. The topological polar surface area (TPSA) is 40.5 Å². The monoisotopic (exact) mass is 156 g/mol. The molecule has 1 aliphatic rings. The summed E-state index contributed by atoms with van der Waals surface area (Å²) in [5.74, 6) is 0.939. The van der Waals surface area contributed by atoms with Crippen LogP contribution < -0.4 is 0 Å². The predicted octanol–water partition coefficient (Wildman–Crippen LogP) is 0.575. The van der Waals surface area contributed by atoms with Gasteiger partial charge in [0, 0.05) is 10.6 Å². The lowest BCUT2D eigenvalue weighted by Gasteiger charge is -1.98. The van der Waals surface area contributed by atoms with Gasteiger partial charge in [-0.2, -0.15) is 0 Å². The molecular weight excluding hydrogens is 147 g/mol. The first kappa shape index (κ1) is 7.92. The number of rotatable bonds is 2.